The fourth-order valence-electron chi connectivity index (χ4n) is 10.8. The van der Waals surface area contributed by atoms with Crippen molar-refractivity contribution in [1.29, 1.82) is 0 Å². The van der Waals surface area contributed by atoms with Crippen LogP contribution in [-0.2, 0) is 14.4 Å². The minimum absolute atomic E-state index is 0.0448. The van der Waals surface area contributed by atoms with E-state index in [0.717, 1.165) is 74.6 Å². The van der Waals surface area contributed by atoms with Crippen molar-refractivity contribution in [3.63, 3.8) is 0 Å². The van der Waals surface area contributed by atoms with Crippen LogP contribution in [0.5, 0.6) is 11.5 Å². The van der Waals surface area contributed by atoms with Gasteiger partial charge in [0.05, 0.1) is 18.2 Å². The molecule has 3 N–H and O–H groups in total. The van der Waals surface area contributed by atoms with Crippen LogP contribution >= 0.6 is 0 Å². The summed E-state index contributed by atoms with van der Waals surface area (Å²) < 4.78 is 20.3. The van der Waals surface area contributed by atoms with Crippen LogP contribution in [0.25, 0.3) is 0 Å². The van der Waals surface area contributed by atoms with E-state index in [9.17, 15) is 19.8 Å². The molecule has 1 saturated carbocycles. The number of hydrogen-bond donors (Lipinski definition) is 3. The first-order chi connectivity index (χ1) is 32.3. The third-order valence-corrected chi connectivity index (χ3v) is 14.3. The van der Waals surface area contributed by atoms with Gasteiger partial charge >= 0.3 is 6.09 Å². The molecule has 1 aromatic rings. The average Bonchev–Trinajstić information content (AvgIpc) is 3.32. The summed E-state index contributed by atoms with van der Waals surface area (Å²) in [4.78, 5) is 35.3. The molecule has 0 aromatic heterocycles. The van der Waals surface area contributed by atoms with E-state index >= 15 is 0 Å². The molecule has 374 valence electrons. The summed E-state index contributed by atoms with van der Waals surface area (Å²) in [5, 5.41) is 27.6. The van der Waals surface area contributed by atoms with Gasteiger partial charge in [0.2, 0.25) is 11.7 Å². The normalized spacial score (nSPS) is 22.5. The van der Waals surface area contributed by atoms with Crippen molar-refractivity contribution in [3.05, 3.63) is 48.1 Å². The predicted molar refractivity (Wildman–Crippen MR) is 267 cm³/mol. The van der Waals surface area contributed by atoms with Crippen LogP contribution in [0.1, 0.15) is 206 Å². The van der Waals surface area contributed by atoms with Gasteiger partial charge in [0.1, 0.15) is 24.1 Å². The number of hydrogen-bond acceptors (Lipinski definition) is 9. The van der Waals surface area contributed by atoms with Gasteiger partial charge in [-0.1, -0.05) is 153 Å². The largest absolute Gasteiger partial charge is 0.459 e. The molecule has 3 aliphatic rings. The van der Waals surface area contributed by atoms with Gasteiger partial charge < -0.3 is 39.5 Å². The Kier molecular flexibility index (Phi) is 26.4. The second-order valence-electron chi connectivity index (χ2n) is 19.3. The van der Waals surface area contributed by atoms with Gasteiger partial charge in [0.15, 0.2) is 0 Å². The number of likely N-dealkylation sites (N-methyl/N-ethyl adjacent to an activating group) is 1. The lowest BCUT2D eigenvalue weighted by atomic mass is 9.55. The van der Waals surface area contributed by atoms with E-state index in [2.05, 4.69) is 31.8 Å². The monoisotopic (exact) mass is 922 g/mol. The maximum absolute atomic E-state index is 14.3. The highest BCUT2D eigenvalue weighted by molar-refractivity contribution is 6.03. The van der Waals surface area contributed by atoms with Crippen LogP contribution in [0, 0.1) is 17.8 Å². The van der Waals surface area contributed by atoms with E-state index in [1.165, 1.54) is 89.9 Å². The molecule has 0 radical (unpaired) electrons. The van der Waals surface area contributed by atoms with Crippen LogP contribution in [0.2, 0.25) is 0 Å². The minimum atomic E-state index is -1.30. The summed E-state index contributed by atoms with van der Waals surface area (Å²) in [5.41, 5.74) is 2.70. The van der Waals surface area contributed by atoms with E-state index in [-0.39, 0.29) is 43.5 Å². The topological polar surface area (TPSA) is 139 Å². The zero-order chi connectivity index (χ0) is 47.4. The third kappa shape index (κ3) is 16.7. The standard InChI is InChI=1S/C55H91N3O8/c1-6-10-12-14-16-18-20-22-24-28-36-56-54(62)65-44-34-35-49-47(41-44)52-45(32-27-30-38-60)43(31-26-29-37-59)40-46-48(57-64-9-4)42-50(55(66-49,53(46)52)63-39-8-3)58(5)51(61)33-25-23-21-19-17-15-13-11-7-2/h8,34-35,40-41,43,45,50,52-53,59-60H,3,6-7,9-33,36-39,42H2,1-2,4-5H3,(H,56,62)/t43-,45+,50-,52+,53+,55+/m0/s1. The highest BCUT2D eigenvalue weighted by Crippen LogP contribution is 2.62. The summed E-state index contributed by atoms with van der Waals surface area (Å²) in [7, 11) is 1.88. The second kappa shape index (κ2) is 31.6. The van der Waals surface area contributed by atoms with Crippen molar-refractivity contribution in [2.24, 2.45) is 22.9 Å². The number of carbonyl (C=O) groups is 2. The Labute approximate surface area is 399 Å². The Bertz CT molecular complexity index is 1620. The number of aliphatic hydroxyl groups is 2. The van der Waals surface area contributed by atoms with Gasteiger partial charge in [0.25, 0.3) is 0 Å². The third-order valence-electron chi connectivity index (χ3n) is 14.3. The number of nitrogens with one attached hydrogen (secondary N) is 1. The number of rotatable bonds is 36. The summed E-state index contributed by atoms with van der Waals surface area (Å²) in [6.45, 7) is 11.8. The number of fused-ring (bicyclic) bond motifs is 2. The first kappa shape index (κ1) is 55.2. The molecule has 0 unspecified atom stereocenters. The van der Waals surface area contributed by atoms with Crippen molar-refractivity contribution in [1.82, 2.24) is 10.2 Å². The minimum Gasteiger partial charge on any atom is -0.459 e. The van der Waals surface area contributed by atoms with Crippen LogP contribution in [0.4, 0.5) is 4.79 Å². The zero-order valence-corrected chi connectivity index (χ0v) is 41.8. The Hall–Kier alpha value is -3.41. The van der Waals surface area contributed by atoms with Crippen LogP contribution < -0.4 is 14.8 Å². The quantitative estimate of drug-likeness (QED) is 0.0343. The molecule has 11 nitrogen and oxygen atoms in total. The number of allylic oxidation sites excluding steroid dienone is 1. The smallest absolute Gasteiger partial charge is 0.412 e. The number of nitrogens with zero attached hydrogens (tertiary/aromatic N) is 2. The van der Waals surface area contributed by atoms with Crippen LogP contribution in [0.15, 0.2) is 47.7 Å². The molecule has 0 spiro atoms. The molecule has 1 aliphatic heterocycles. The van der Waals surface area contributed by atoms with Crippen LogP contribution in [-0.4, -0.2) is 84.7 Å². The molecule has 1 fully saturated rings. The fourth-order valence-corrected chi connectivity index (χ4v) is 10.8. The number of amides is 2. The number of benzene rings is 1. The molecule has 66 heavy (non-hydrogen) atoms. The summed E-state index contributed by atoms with van der Waals surface area (Å²) in [6, 6.07) is 5.10. The maximum Gasteiger partial charge on any atom is 0.412 e. The van der Waals surface area contributed by atoms with Gasteiger partial charge in [-0.2, -0.15) is 0 Å². The molecule has 4 rings (SSSR count). The predicted octanol–water partition coefficient (Wildman–Crippen LogP) is 12.7. The van der Waals surface area contributed by atoms with E-state index in [1.807, 2.05) is 31.0 Å². The highest BCUT2D eigenvalue weighted by Gasteiger charge is 2.65. The molecule has 1 aromatic carbocycles. The SMILES string of the molecule is C=CCO[C@@]12Oc3ccc(OC(=O)NCCCCCCCCCCCC)cc3[C@H]3[C@H](CCCCO)[C@@H](CCCCO)C=C(C(=NOCC)C[C@@H]1N(C)C(=O)CCCCCCCCCCC)[C@H]32. The number of carbonyl (C=O) groups excluding carboxylic acids is 2. The molecule has 0 bridgehead atoms. The number of oxime groups is 1. The average molecular weight is 922 g/mol. The van der Waals surface area contributed by atoms with Crippen molar-refractivity contribution in [2.75, 3.05) is 40.0 Å². The summed E-state index contributed by atoms with van der Waals surface area (Å²) in [5.74, 6) is -0.592. The molecule has 2 aliphatic carbocycles. The zero-order valence-electron chi connectivity index (χ0n) is 41.8. The van der Waals surface area contributed by atoms with Crippen molar-refractivity contribution < 1.29 is 38.9 Å². The summed E-state index contributed by atoms with van der Waals surface area (Å²) in [6.07, 6.45) is 32.0. The molecular weight excluding hydrogens is 831 g/mol. The Morgan fingerprint density at radius 3 is 2.05 bits per heavy atom. The lowest BCUT2D eigenvalue weighted by Gasteiger charge is -2.59. The van der Waals surface area contributed by atoms with E-state index in [1.54, 1.807) is 12.1 Å². The van der Waals surface area contributed by atoms with Gasteiger partial charge in [-0.3, -0.25) is 4.79 Å². The van der Waals surface area contributed by atoms with E-state index < -0.39 is 23.8 Å². The fraction of sp³-hybridized carbons (Fsp3) is 0.764. The number of ether oxygens (including phenoxy) is 3. The first-order valence-electron chi connectivity index (χ1n) is 26.7. The maximum atomic E-state index is 14.3. The Morgan fingerprint density at radius 2 is 1.44 bits per heavy atom. The highest BCUT2D eigenvalue weighted by atomic mass is 16.7. The van der Waals surface area contributed by atoms with Crippen molar-refractivity contribution >= 4 is 17.7 Å². The van der Waals surface area contributed by atoms with Gasteiger partial charge in [-0.25, -0.2) is 4.79 Å². The first-order valence-corrected chi connectivity index (χ1v) is 26.7. The molecule has 1 heterocycles. The summed E-state index contributed by atoms with van der Waals surface area (Å²) >= 11 is 0. The molecule has 2 amide bonds. The Balaban J connectivity index is 1.66. The van der Waals surface area contributed by atoms with Gasteiger partial charge in [-0.15, -0.1) is 6.58 Å². The Morgan fingerprint density at radius 1 is 0.833 bits per heavy atom. The van der Waals surface area contributed by atoms with Crippen molar-refractivity contribution in [2.45, 2.75) is 212 Å². The number of aliphatic hydroxyl groups excluding tert-OH is 2. The van der Waals surface area contributed by atoms with E-state index in [0.29, 0.717) is 50.3 Å². The van der Waals surface area contributed by atoms with E-state index in [4.69, 9.17) is 24.2 Å². The lowest BCUT2D eigenvalue weighted by molar-refractivity contribution is -0.255. The molecule has 0 saturated heterocycles. The van der Waals surface area contributed by atoms with Crippen molar-refractivity contribution in [3.8, 4) is 11.5 Å². The molecule has 6 atom stereocenters. The second-order valence-corrected chi connectivity index (χ2v) is 19.3. The van der Waals surface area contributed by atoms with Gasteiger partial charge in [-0.05, 0) is 81.1 Å². The van der Waals surface area contributed by atoms with Gasteiger partial charge in [0, 0.05) is 51.1 Å². The number of unbranched alkanes of at least 4 members (excludes halogenated alkanes) is 19. The molecular formula is C55H91N3O8. The molecule has 11 heteroatoms. The van der Waals surface area contributed by atoms with Crippen LogP contribution in [0.3, 0.4) is 0 Å². The lowest BCUT2D eigenvalue weighted by Crippen LogP contribution is -2.69.